The largest absolute Gasteiger partial charge is 0.490 e. The van der Waals surface area contributed by atoms with Gasteiger partial charge >= 0.3 is 0 Å². The van der Waals surface area contributed by atoms with Gasteiger partial charge in [0.1, 0.15) is 12.4 Å². The lowest BCUT2D eigenvalue weighted by Crippen LogP contribution is -2.34. The summed E-state index contributed by atoms with van der Waals surface area (Å²) in [5.74, 6) is 0.771. The number of methoxy groups -OCH3 is 1. The van der Waals surface area contributed by atoms with E-state index in [0.29, 0.717) is 12.2 Å². The lowest BCUT2D eigenvalue weighted by Gasteiger charge is -2.26. The van der Waals surface area contributed by atoms with Crippen molar-refractivity contribution >= 4 is 5.69 Å². The number of anilines is 1. The number of nitrogens with zero attached hydrogens (tertiary/aromatic N) is 3. The maximum atomic E-state index is 8.93. The first kappa shape index (κ1) is 15.3. The Morgan fingerprint density at radius 3 is 2.78 bits per heavy atom. The van der Waals surface area contributed by atoms with Crippen molar-refractivity contribution in [3.05, 3.63) is 54.4 Å². The molecule has 1 aromatic heterocycles. The average Bonchev–Trinajstić information content (AvgIpc) is 3.04. The predicted molar refractivity (Wildman–Crippen MR) is 87.4 cm³/mol. The van der Waals surface area contributed by atoms with Crippen molar-refractivity contribution in [2.24, 2.45) is 0 Å². The Bertz CT molecular complexity index is 667. The van der Waals surface area contributed by atoms with Gasteiger partial charge in [-0.1, -0.05) is 0 Å². The van der Waals surface area contributed by atoms with E-state index < -0.39 is 0 Å². The Balaban J connectivity index is 1.72. The van der Waals surface area contributed by atoms with Crippen molar-refractivity contribution in [2.45, 2.75) is 18.6 Å². The third kappa shape index (κ3) is 3.61. The van der Waals surface area contributed by atoms with Crippen LogP contribution in [-0.2, 0) is 4.74 Å². The van der Waals surface area contributed by atoms with E-state index in [0.717, 1.165) is 24.4 Å². The second-order valence-electron chi connectivity index (χ2n) is 5.56. The molecule has 0 unspecified atom stereocenters. The second-order valence-corrected chi connectivity index (χ2v) is 5.56. The van der Waals surface area contributed by atoms with E-state index in [9.17, 15) is 0 Å². The zero-order valence-electron chi connectivity index (χ0n) is 13.1. The number of benzene rings is 1. The van der Waals surface area contributed by atoms with Crippen LogP contribution >= 0.6 is 0 Å². The van der Waals surface area contributed by atoms with Crippen LogP contribution in [0.1, 0.15) is 12.0 Å². The maximum Gasteiger partial charge on any atom is 0.137 e. The van der Waals surface area contributed by atoms with Gasteiger partial charge < -0.3 is 14.4 Å². The summed E-state index contributed by atoms with van der Waals surface area (Å²) in [5.41, 5.74) is 1.75. The Hall–Kier alpha value is -2.58. The summed E-state index contributed by atoms with van der Waals surface area (Å²) in [6.07, 6.45) is 4.55. The lowest BCUT2D eigenvalue weighted by molar-refractivity contribution is 0.115. The molecule has 0 bridgehead atoms. The van der Waals surface area contributed by atoms with Gasteiger partial charge in [0.15, 0.2) is 0 Å². The van der Waals surface area contributed by atoms with Crippen LogP contribution < -0.4 is 9.64 Å². The molecule has 1 aromatic carbocycles. The van der Waals surface area contributed by atoms with Crippen LogP contribution in [0.3, 0.4) is 0 Å². The van der Waals surface area contributed by atoms with Crippen LogP contribution in [0.4, 0.5) is 5.69 Å². The molecule has 2 atom stereocenters. The van der Waals surface area contributed by atoms with Crippen LogP contribution in [-0.4, -0.2) is 37.4 Å². The highest BCUT2D eigenvalue weighted by molar-refractivity contribution is 5.51. The van der Waals surface area contributed by atoms with E-state index in [1.165, 1.54) is 0 Å². The van der Waals surface area contributed by atoms with E-state index >= 15 is 0 Å². The number of hydrogen-bond acceptors (Lipinski definition) is 5. The molecule has 1 fully saturated rings. The van der Waals surface area contributed by atoms with Gasteiger partial charge in [-0.25, -0.2) is 0 Å². The van der Waals surface area contributed by atoms with Crippen LogP contribution in [0.2, 0.25) is 0 Å². The van der Waals surface area contributed by atoms with Crippen LogP contribution in [0.5, 0.6) is 5.75 Å². The highest BCUT2D eigenvalue weighted by atomic mass is 16.5. The molecular weight excluding hydrogens is 290 g/mol. The number of hydrogen-bond donors (Lipinski definition) is 0. The van der Waals surface area contributed by atoms with Crippen molar-refractivity contribution in [1.82, 2.24) is 4.98 Å². The van der Waals surface area contributed by atoms with E-state index in [1.807, 2.05) is 36.4 Å². The smallest absolute Gasteiger partial charge is 0.137 e. The molecular formula is C18H19N3O2. The van der Waals surface area contributed by atoms with Crippen molar-refractivity contribution < 1.29 is 9.47 Å². The van der Waals surface area contributed by atoms with Crippen molar-refractivity contribution in [2.75, 3.05) is 25.2 Å². The molecule has 2 heterocycles. The SMILES string of the molecule is CO[C@@H]1C[C@@H](COc2cccnc2)N(c2ccc(C#N)cc2)C1. The van der Waals surface area contributed by atoms with Gasteiger partial charge in [0.05, 0.1) is 30.0 Å². The fraction of sp³-hybridized carbons (Fsp3) is 0.333. The zero-order valence-corrected chi connectivity index (χ0v) is 13.1. The first-order chi connectivity index (χ1) is 11.3. The molecule has 0 aliphatic carbocycles. The minimum atomic E-state index is 0.188. The first-order valence-electron chi connectivity index (χ1n) is 7.62. The molecule has 23 heavy (non-hydrogen) atoms. The van der Waals surface area contributed by atoms with Crippen LogP contribution in [0, 0.1) is 11.3 Å². The quantitative estimate of drug-likeness (QED) is 0.850. The average molecular weight is 309 g/mol. The molecule has 1 aliphatic rings. The van der Waals surface area contributed by atoms with Crippen LogP contribution in [0.25, 0.3) is 0 Å². The van der Waals surface area contributed by atoms with E-state index in [2.05, 4.69) is 16.0 Å². The Labute approximate surface area is 136 Å². The second kappa shape index (κ2) is 7.12. The third-order valence-corrected chi connectivity index (χ3v) is 4.11. The van der Waals surface area contributed by atoms with Crippen molar-refractivity contribution in [3.63, 3.8) is 0 Å². The fourth-order valence-electron chi connectivity index (χ4n) is 2.87. The minimum absolute atomic E-state index is 0.188. The van der Waals surface area contributed by atoms with Gasteiger partial charge in [-0.3, -0.25) is 4.98 Å². The maximum absolute atomic E-state index is 8.93. The normalized spacial score (nSPS) is 20.3. The highest BCUT2D eigenvalue weighted by Crippen LogP contribution is 2.28. The summed E-state index contributed by atoms with van der Waals surface area (Å²) in [5, 5.41) is 8.93. The Morgan fingerprint density at radius 1 is 1.30 bits per heavy atom. The minimum Gasteiger partial charge on any atom is -0.490 e. The molecule has 0 amide bonds. The van der Waals surface area contributed by atoms with Crippen molar-refractivity contribution in [3.8, 4) is 11.8 Å². The number of rotatable bonds is 5. The Morgan fingerprint density at radius 2 is 2.13 bits per heavy atom. The van der Waals surface area contributed by atoms with E-state index in [1.54, 1.807) is 19.5 Å². The van der Waals surface area contributed by atoms with Crippen molar-refractivity contribution in [1.29, 1.82) is 5.26 Å². The van der Waals surface area contributed by atoms with E-state index in [4.69, 9.17) is 14.7 Å². The number of pyridine rings is 1. The molecule has 118 valence electrons. The molecule has 1 saturated heterocycles. The molecule has 0 saturated carbocycles. The van der Waals surface area contributed by atoms with Gasteiger partial charge in [-0.2, -0.15) is 5.26 Å². The lowest BCUT2D eigenvalue weighted by atomic mass is 10.2. The van der Waals surface area contributed by atoms with Gasteiger partial charge in [-0.05, 0) is 42.8 Å². The monoisotopic (exact) mass is 309 g/mol. The summed E-state index contributed by atoms with van der Waals surface area (Å²) in [4.78, 5) is 6.35. The zero-order chi connectivity index (χ0) is 16.1. The molecule has 1 aliphatic heterocycles. The molecule has 2 aromatic rings. The third-order valence-electron chi connectivity index (χ3n) is 4.11. The summed E-state index contributed by atoms with van der Waals surface area (Å²) >= 11 is 0. The van der Waals surface area contributed by atoms with Crippen LogP contribution in [0.15, 0.2) is 48.8 Å². The van der Waals surface area contributed by atoms with Gasteiger partial charge in [-0.15, -0.1) is 0 Å². The van der Waals surface area contributed by atoms with Gasteiger partial charge in [0, 0.05) is 25.5 Å². The predicted octanol–water partition coefficient (Wildman–Crippen LogP) is 2.63. The summed E-state index contributed by atoms with van der Waals surface area (Å²) < 4.78 is 11.4. The molecule has 0 radical (unpaired) electrons. The molecule has 0 N–H and O–H groups in total. The highest BCUT2D eigenvalue weighted by Gasteiger charge is 2.32. The van der Waals surface area contributed by atoms with Gasteiger partial charge in [0.2, 0.25) is 0 Å². The summed E-state index contributed by atoms with van der Waals surface area (Å²) in [6, 6.07) is 13.8. The Kier molecular flexibility index (Phi) is 4.74. The number of aromatic nitrogens is 1. The fourth-order valence-corrected chi connectivity index (χ4v) is 2.87. The summed E-state index contributed by atoms with van der Waals surface area (Å²) in [7, 11) is 1.74. The molecule has 5 nitrogen and oxygen atoms in total. The number of ether oxygens (including phenoxy) is 2. The van der Waals surface area contributed by atoms with E-state index in [-0.39, 0.29) is 12.1 Å². The topological polar surface area (TPSA) is 58.4 Å². The first-order valence-corrected chi connectivity index (χ1v) is 7.62. The van der Waals surface area contributed by atoms with Gasteiger partial charge in [0.25, 0.3) is 0 Å². The number of nitriles is 1. The summed E-state index contributed by atoms with van der Waals surface area (Å²) in [6.45, 7) is 1.40. The molecule has 3 rings (SSSR count). The molecule has 5 heteroatoms. The molecule has 0 spiro atoms. The standard InChI is InChI=1S/C18H19N3O2/c1-22-18-9-16(13-23-17-3-2-8-20-11-17)21(12-18)15-6-4-14(10-19)5-7-15/h2-8,11,16,18H,9,12-13H2,1H3/t16-,18+/m0/s1.